The van der Waals surface area contributed by atoms with E-state index in [0.717, 1.165) is 46.9 Å². The van der Waals surface area contributed by atoms with E-state index < -0.39 is 0 Å². The first-order valence-electron chi connectivity index (χ1n) is 12.4. The fourth-order valence-corrected chi connectivity index (χ4v) is 5.96. The fraction of sp³-hybridized carbons (Fsp3) is 0.519. The number of hydrogen-bond acceptors (Lipinski definition) is 6. The summed E-state index contributed by atoms with van der Waals surface area (Å²) in [6.07, 6.45) is 2.92. The largest absolute Gasteiger partial charge is 0.492 e. The van der Waals surface area contributed by atoms with E-state index in [1.54, 1.807) is 19.0 Å². The van der Waals surface area contributed by atoms with Crippen LogP contribution >= 0.6 is 0 Å². The van der Waals surface area contributed by atoms with E-state index in [4.69, 9.17) is 9.72 Å². The highest BCUT2D eigenvalue weighted by Crippen LogP contribution is 2.71. The summed E-state index contributed by atoms with van der Waals surface area (Å²) >= 11 is 0. The van der Waals surface area contributed by atoms with E-state index in [-0.39, 0.29) is 11.4 Å². The summed E-state index contributed by atoms with van der Waals surface area (Å²) in [4.78, 5) is 26.4. The number of nitrogens with one attached hydrogen (secondary N) is 1. The molecule has 1 aromatic carbocycles. The zero-order valence-electron chi connectivity index (χ0n) is 21.8. The molecule has 3 saturated carbocycles. The van der Waals surface area contributed by atoms with Crippen molar-refractivity contribution in [2.45, 2.75) is 32.7 Å². The van der Waals surface area contributed by atoms with Crippen molar-refractivity contribution in [1.82, 2.24) is 24.3 Å². The number of rotatable bonds is 8. The molecule has 0 aliphatic heterocycles. The van der Waals surface area contributed by atoms with Crippen LogP contribution in [0.25, 0.3) is 11.0 Å². The Bertz CT molecular complexity index is 1270. The second-order valence-electron chi connectivity index (χ2n) is 10.7. The molecule has 186 valence electrons. The maximum Gasteiger partial charge on any atom is 0.270 e. The number of benzene rings is 1. The normalized spacial score (nSPS) is 24.7. The Morgan fingerprint density at radius 1 is 1.20 bits per heavy atom. The van der Waals surface area contributed by atoms with Crippen molar-refractivity contribution >= 4 is 28.6 Å². The summed E-state index contributed by atoms with van der Waals surface area (Å²) in [5.74, 6) is 3.21. The van der Waals surface area contributed by atoms with Crippen LogP contribution in [0.5, 0.6) is 5.75 Å². The Morgan fingerprint density at radius 3 is 2.54 bits per heavy atom. The molecule has 0 spiro atoms. The lowest BCUT2D eigenvalue weighted by Crippen LogP contribution is -2.73. The summed E-state index contributed by atoms with van der Waals surface area (Å²) < 4.78 is 8.13. The summed E-state index contributed by atoms with van der Waals surface area (Å²) in [7, 11) is 7.67. The molecule has 3 aromatic rings. The minimum atomic E-state index is -0.0405. The van der Waals surface area contributed by atoms with Gasteiger partial charge >= 0.3 is 0 Å². The maximum atomic E-state index is 13.1. The lowest BCUT2D eigenvalue weighted by atomic mass is 9.36. The van der Waals surface area contributed by atoms with E-state index in [1.165, 1.54) is 0 Å². The number of anilines is 2. The Hall–Kier alpha value is -3.13. The van der Waals surface area contributed by atoms with Gasteiger partial charge in [-0.2, -0.15) is 4.98 Å². The second kappa shape index (κ2) is 8.52. The molecule has 0 saturated heterocycles. The van der Waals surface area contributed by atoms with Crippen molar-refractivity contribution in [2.24, 2.45) is 17.8 Å². The molecule has 3 aliphatic carbocycles. The van der Waals surface area contributed by atoms with Crippen LogP contribution in [0.1, 0.15) is 36.3 Å². The Labute approximate surface area is 207 Å². The number of carbonyl (C=O) groups excluding carboxylic acids is 1. The zero-order chi connectivity index (χ0) is 25.1. The van der Waals surface area contributed by atoms with Gasteiger partial charge in [0, 0.05) is 37.9 Å². The van der Waals surface area contributed by atoms with Crippen molar-refractivity contribution in [3.63, 3.8) is 0 Å². The van der Waals surface area contributed by atoms with Gasteiger partial charge in [-0.25, -0.2) is 4.98 Å². The number of likely N-dealkylation sites (N-methyl/N-ethyl adjacent to an activating group) is 1. The third kappa shape index (κ3) is 3.66. The van der Waals surface area contributed by atoms with Crippen LogP contribution in [-0.4, -0.2) is 71.6 Å². The van der Waals surface area contributed by atoms with Gasteiger partial charge in [0.2, 0.25) is 5.95 Å². The van der Waals surface area contributed by atoms with Crippen LogP contribution in [0.2, 0.25) is 0 Å². The van der Waals surface area contributed by atoms with Crippen LogP contribution in [-0.2, 0) is 5.54 Å². The molecule has 2 heterocycles. The highest BCUT2D eigenvalue weighted by atomic mass is 16.5. The van der Waals surface area contributed by atoms with E-state index in [0.29, 0.717) is 30.1 Å². The molecule has 8 heteroatoms. The molecule has 6 rings (SSSR count). The minimum absolute atomic E-state index is 0.00196. The molecule has 35 heavy (non-hydrogen) atoms. The Kier molecular flexibility index (Phi) is 5.74. The average Bonchev–Trinajstić information content (AvgIpc) is 3.16. The predicted octanol–water partition coefficient (Wildman–Crippen LogP) is 4.13. The Morgan fingerprint density at radius 2 is 1.94 bits per heavy atom. The van der Waals surface area contributed by atoms with Gasteiger partial charge < -0.3 is 24.4 Å². The number of fused-ring (bicyclic) bond motifs is 1. The van der Waals surface area contributed by atoms with Gasteiger partial charge in [0.05, 0.1) is 5.54 Å². The first-order chi connectivity index (χ1) is 16.6. The molecule has 3 fully saturated rings. The van der Waals surface area contributed by atoms with E-state index in [1.807, 2.05) is 51.5 Å². The van der Waals surface area contributed by atoms with Crippen LogP contribution in [0.4, 0.5) is 11.6 Å². The highest BCUT2D eigenvalue weighted by molar-refractivity contribution is 5.98. The number of ether oxygens (including phenoxy) is 1. The summed E-state index contributed by atoms with van der Waals surface area (Å²) in [5.41, 5.74) is 3.43. The lowest BCUT2D eigenvalue weighted by molar-refractivity contribution is -0.225. The number of aryl methyl sites for hydroxylation is 1. The van der Waals surface area contributed by atoms with Crippen LogP contribution < -0.4 is 10.1 Å². The number of hydrogen-bond donors (Lipinski definition) is 1. The average molecular weight is 477 g/mol. The first kappa shape index (κ1) is 23.6. The molecule has 0 radical (unpaired) electrons. The lowest BCUT2D eigenvalue weighted by Gasteiger charge is -2.73. The van der Waals surface area contributed by atoms with Crippen molar-refractivity contribution in [2.75, 3.05) is 46.7 Å². The van der Waals surface area contributed by atoms with Gasteiger partial charge in [-0.15, -0.1) is 0 Å². The standard InChI is InChI=1S/C27H36N6O2/c1-16-12-20(8-9-23(16)35-11-10-31(4)5)29-26-28-15-19-13-22(25(34)32(6)7)33(24(19)30-26)27-14-21(17(27)2)18(27)3/h8-9,12-13,15,17-18,21H,10-11,14H2,1-7H3,(H,28,29,30)/t17-,18-,21?,27?/m1/s1. The third-order valence-electron chi connectivity index (χ3n) is 8.23. The van der Waals surface area contributed by atoms with Gasteiger partial charge in [0.15, 0.2) is 0 Å². The van der Waals surface area contributed by atoms with Crippen molar-refractivity contribution in [3.8, 4) is 5.75 Å². The quantitative estimate of drug-likeness (QED) is 0.527. The number of amides is 1. The fourth-order valence-electron chi connectivity index (χ4n) is 5.96. The summed E-state index contributed by atoms with van der Waals surface area (Å²) in [5, 5.41) is 4.25. The molecule has 1 N–H and O–H groups in total. The van der Waals surface area contributed by atoms with E-state index in [9.17, 15) is 4.79 Å². The smallest absolute Gasteiger partial charge is 0.270 e. The molecule has 1 amide bonds. The predicted molar refractivity (Wildman–Crippen MR) is 138 cm³/mol. The molecule has 3 aliphatic rings. The van der Waals surface area contributed by atoms with Crippen LogP contribution in [0, 0.1) is 24.7 Å². The summed E-state index contributed by atoms with van der Waals surface area (Å²) in [6, 6.07) is 7.96. The van der Waals surface area contributed by atoms with Gasteiger partial charge in [-0.3, -0.25) is 4.79 Å². The number of nitrogens with zero attached hydrogens (tertiary/aromatic N) is 5. The SMILES string of the molecule is Cc1cc(Nc2ncc3cc(C(=O)N(C)C)n(C45CC([C@H]4C)[C@H]5C)c3n2)ccc1OCCN(C)C. The third-order valence-corrected chi connectivity index (χ3v) is 8.23. The van der Waals surface area contributed by atoms with Gasteiger partial charge in [0.25, 0.3) is 5.91 Å². The van der Waals surface area contributed by atoms with E-state index in [2.05, 4.69) is 33.6 Å². The van der Waals surface area contributed by atoms with Gasteiger partial charge in [-0.1, -0.05) is 13.8 Å². The molecule has 2 aromatic heterocycles. The topological polar surface area (TPSA) is 75.5 Å². The maximum absolute atomic E-state index is 13.1. The summed E-state index contributed by atoms with van der Waals surface area (Å²) in [6.45, 7) is 8.15. The van der Waals surface area contributed by atoms with E-state index >= 15 is 0 Å². The molecular formula is C27H36N6O2. The molecule has 8 nitrogen and oxygen atoms in total. The highest BCUT2D eigenvalue weighted by Gasteiger charge is 2.70. The molecule has 0 unspecified atom stereocenters. The number of carbonyl (C=O) groups is 1. The van der Waals surface area contributed by atoms with Crippen LogP contribution in [0.3, 0.4) is 0 Å². The van der Waals surface area contributed by atoms with Crippen molar-refractivity contribution in [1.29, 1.82) is 0 Å². The van der Waals surface area contributed by atoms with Crippen molar-refractivity contribution < 1.29 is 9.53 Å². The van der Waals surface area contributed by atoms with Gasteiger partial charge in [-0.05, 0) is 75.0 Å². The zero-order valence-corrected chi connectivity index (χ0v) is 21.8. The van der Waals surface area contributed by atoms with Crippen molar-refractivity contribution in [3.05, 3.63) is 41.7 Å². The van der Waals surface area contributed by atoms with Gasteiger partial charge in [0.1, 0.15) is 23.7 Å². The molecule has 2 bridgehead atoms. The monoisotopic (exact) mass is 476 g/mol. The second-order valence-corrected chi connectivity index (χ2v) is 10.7. The Balaban J connectivity index is 1.46. The first-order valence-corrected chi connectivity index (χ1v) is 12.4. The number of aromatic nitrogens is 3. The van der Waals surface area contributed by atoms with Crippen LogP contribution in [0.15, 0.2) is 30.5 Å². The minimum Gasteiger partial charge on any atom is -0.492 e. The molecular weight excluding hydrogens is 440 g/mol. The molecule has 2 atom stereocenters.